The Bertz CT molecular complexity index is 801. The minimum Gasteiger partial charge on any atom is -0.383 e. The van der Waals surface area contributed by atoms with Gasteiger partial charge in [0.25, 0.3) is 0 Å². The highest BCUT2D eigenvalue weighted by atomic mass is 32.1. The van der Waals surface area contributed by atoms with Crippen LogP contribution in [0.25, 0.3) is 16.2 Å². The van der Waals surface area contributed by atoms with Crippen molar-refractivity contribution in [2.24, 2.45) is 0 Å². The normalized spacial score (nSPS) is 12.2. The fourth-order valence-electron chi connectivity index (χ4n) is 2.63. The highest BCUT2D eigenvalue weighted by Crippen LogP contribution is 2.37. The molecule has 0 amide bonds. The van der Waals surface area contributed by atoms with Gasteiger partial charge in [-0.1, -0.05) is 50.6 Å². The van der Waals surface area contributed by atoms with Crippen molar-refractivity contribution in [1.29, 1.82) is 0 Å². The molecular formula is C17H21N3S. The fraction of sp³-hybridized carbons (Fsp3) is 0.353. The molecular weight excluding hydrogens is 278 g/mol. The highest BCUT2D eigenvalue weighted by Gasteiger charge is 2.25. The Labute approximate surface area is 129 Å². The summed E-state index contributed by atoms with van der Waals surface area (Å²) in [6.07, 6.45) is 0. The minimum atomic E-state index is -0.0473. The zero-order valence-electron chi connectivity index (χ0n) is 13.2. The van der Waals surface area contributed by atoms with E-state index >= 15 is 0 Å². The van der Waals surface area contributed by atoms with Gasteiger partial charge in [0.2, 0.25) is 0 Å². The van der Waals surface area contributed by atoms with Gasteiger partial charge in [-0.05, 0) is 19.4 Å². The van der Waals surface area contributed by atoms with E-state index in [9.17, 15) is 0 Å². The van der Waals surface area contributed by atoms with E-state index in [0.29, 0.717) is 0 Å². The summed E-state index contributed by atoms with van der Waals surface area (Å²) in [6, 6.07) is 8.58. The number of nitrogen functional groups attached to an aromatic ring is 1. The van der Waals surface area contributed by atoms with Crippen molar-refractivity contribution in [2.45, 2.75) is 40.0 Å². The van der Waals surface area contributed by atoms with Crippen LogP contribution >= 0.6 is 11.3 Å². The first-order valence-electron chi connectivity index (χ1n) is 7.14. The topological polar surface area (TPSA) is 43.3 Å². The Morgan fingerprint density at radius 2 is 1.71 bits per heavy atom. The van der Waals surface area contributed by atoms with Crippen LogP contribution in [0.15, 0.2) is 24.3 Å². The van der Waals surface area contributed by atoms with Crippen molar-refractivity contribution < 1.29 is 0 Å². The van der Waals surface area contributed by atoms with Gasteiger partial charge in [-0.25, -0.2) is 4.98 Å². The smallest absolute Gasteiger partial charge is 0.196 e. The third-order valence-corrected chi connectivity index (χ3v) is 4.68. The molecule has 3 nitrogen and oxygen atoms in total. The number of nitrogens with zero attached hydrogens (tertiary/aromatic N) is 2. The molecule has 0 aliphatic rings. The molecule has 2 N–H and O–H groups in total. The van der Waals surface area contributed by atoms with Crippen molar-refractivity contribution in [1.82, 2.24) is 9.38 Å². The fourth-order valence-corrected chi connectivity index (χ4v) is 3.63. The van der Waals surface area contributed by atoms with E-state index in [4.69, 9.17) is 10.7 Å². The molecule has 0 saturated heterocycles. The van der Waals surface area contributed by atoms with E-state index < -0.39 is 0 Å². The van der Waals surface area contributed by atoms with Gasteiger partial charge in [0, 0.05) is 10.3 Å². The number of aromatic nitrogens is 2. The predicted molar refractivity (Wildman–Crippen MR) is 91.1 cm³/mol. The highest BCUT2D eigenvalue weighted by molar-refractivity contribution is 7.17. The SMILES string of the molecule is Cc1ccc(-c2c(C)sc3nc(C(C)(C)C)c(N)n23)cc1. The van der Waals surface area contributed by atoms with E-state index in [2.05, 4.69) is 63.3 Å². The maximum Gasteiger partial charge on any atom is 0.196 e. The van der Waals surface area contributed by atoms with Crippen LogP contribution in [-0.2, 0) is 5.41 Å². The molecule has 4 heteroatoms. The van der Waals surface area contributed by atoms with Gasteiger partial charge < -0.3 is 5.73 Å². The second kappa shape index (κ2) is 4.60. The van der Waals surface area contributed by atoms with E-state index in [0.717, 1.165) is 22.2 Å². The second-order valence-electron chi connectivity index (χ2n) is 6.59. The van der Waals surface area contributed by atoms with Gasteiger partial charge in [-0.2, -0.15) is 0 Å². The summed E-state index contributed by atoms with van der Waals surface area (Å²) in [5, 5.41) is 0. The molecule has 0 unspecified atom stereocenters. The Hall–Kier alpha value is -1.81. The lowest BCUT2D eigenvalue weighted by molar-refractivity contribution is 0.576. The van der Waals surface area contributed by atoms with Gasteiger partial charge in [0.1, 0.15) is 5.82 Å². The maximum atomic E-state index is 6.41. The average molecular weight is 299 g/mol. The van der Waals surface area contributed by atoms with Crippen molar-refractivity contribution in [3.05, 3.63) is 40.4 Å². The van der Waals surface area contributed by atoms with Crippen LogP contribution in [-0.4, -0.2) is 9.38 Å². The first kappa shape index (κ1) is 14.1. The molecule has 0 atom stereocenters. The number of anilines is 1. The van der Waals surface area contributed by atoms with E-state index in [-0.39, 0.29) is 5.41 Å². The van der Waals surface area contributed by atoms with Gasteiger partial charge in [-0.3, -0.25) is 4.40 Å². The molecule has 2 aromatic heterocycles. The summed E-state index contributed by atoms with van der Waals surface area (Å²) in [6.45, 7) is 10.7. The van der Waals surface area contributed by atoms with Crippen LogP contribution in [0.2, 0.25) is 0 Å². The summed E-state index contributed by atoms with van der Waals surface area (Å²) in [4.78, 5) is 6.99. The van der Waals surface area contributed by atoms with Gasteiger partial charge in [-0.15, -0.1) is 11.3 Å². The Morgan fingerprint density at radius 3 is 2.29 bits per heavy atom. The molecule has 0 spiro atoms. The molecule has 0 aliphatic heterocycles. The molecule has 0 radical (unpaired) electrons. The van der Waals surface area contributed by atoms with Gasteiger partial charge in [0.05, 0.1) is 11.4 Å². The maximum absolute atomic E-state index is 6.41. The molecule has 21 heavy (non-hydrogen) atoms. The Morgan fingerprint density at radius 1 is 1.10 bits per heavy atom. The molecule has 0 bridgehead atoms. The summed E-state index contributed by atoms with van der Waals surface area (Å²) in [5.41, 5.74) is 11.0. The van der Waals surface area contributed by atoms with Crippen LogP contribution in [0.3, 0.4) is 0 Å². The average Bonchev–Trinajstić information content (AvgIpc) is 2.87. The number of hydrogen-bond donors (Lipinski definition) is 1. The second-order valence-corrected chi connectivity index (χ2v) is 7.77. The van der Waals surface area contributed by atoms with Crippen molar-refractivity contribution in [3.8, 4) is 11.3 Å². The summed E-state index contributed by atoms with van der Waals surface area (Å²) >= 11 is 1.70. The summed E-state index contributed by atoms with van der Waals surface area (Å²) < 4.78 is 2.10. The first-order valence-corrected chi connectivity index (χ1v) is 7.95. The quantitative estimate of drug-likeness (QED) is 0.716. The number of imidazole rings is 1. The molecule has 3 aromatic rings. The molecule has 0 fully saturated rings. The van der Waals surface area contributed by atoms with Crippen LogP contribution < -0.4 is 5.73 Å². The van der Waals surface area contributed by atoms with Crippen molar-refractivity contribution >= 4 is 22.1 Å². The monoisotopic (exact) mass is 299 g/mol. The zero-order valence-corrected chi connectivity index (χ0v) is 14.0. The van der Waals surface area contributed by atoms with Crippen molar-refractivity contribution in [3.63, 3.8) is 0 Å². The third kappa shape index (κ3) is 2.23. The lowest BCUT2D eigenvalue weighted by atomic mass is 9.92. The zero-order chi connectivity index (χ0) is 15.4. The number of thiazole rings is 1. The summed E-state index contributed by atoms with van der Waals surface area (Å²) in [5.74, 6) is 0.762. The number of rotatable bonds is 1. The van der Waals surface area contributed by atoms with Crippen LogP contribution in [0, 0.1) is 13.8 Å². The molecule has 2 heterocycles. The minimum absolute atomic E-state index is 0.0473. The van der Waals surface area contributed by atoms with Crippen LogP contribution in [0.4, 0.5) is 5.82 Å². The largest absolute Gasteiger partial charge is 0.383 e. The molecule has 0 aliphatic carbocycles. The molecule has 3 rings (SSSR count). The number of fused-ring (bicyclic) bond motifs is 1. The lowest BCUT2D eigenvalue weighted by Gasteiger charge is -2.16. The van der Waals surface area contributed by atoms with Crippen molar-refractivity contribution in [2.75, 3.05) is 5.73 Å². The molecule has 1 aromatic carbocycles. The number of hydrogen-bond acceptors (Lipinski definition) is 3. The predicted octanol–water partition coefficient (Wildman–Crippen LogP) is 4.56. The first-order chi connectivity index (χ1) is 9.79. The molecule has 110 valence electrons. The van der Waals surface area contributed by atoms with E-state index in [1.54, 1.807) is 11.3 Å². The Balaban J connectivity index is 2.30. The Kier molecular flexibility index (Phi) is 3.10. The molecule has 0 saturated carbocycles. The standard InChI is InChI=1S/C17H21N3S/c1-10-6-8-12(9-7-10)13-11(2)21-16-19-14(17(3,4)5)15(18)20(13)16/h6-9H,18H2,1-5H3. The van der Waals surface area contributed by atoms with Crippen LogP contribution in [0.5, 0.6) is 0 Å². The number of aryl methyl sites for hydroxylation is 2. The van der Waals surface area contributed by atoms with Gasteiger partial charge >= 0.3 is 0 Å². The van der Waals surface area contributed by atoms with Gasteiger partial charge in [0.15, 0.2) is 4.96 Å². The lowest BCUT2D eigenvalue weighted by Crippen LogP contribution is -2.14. The van der Waals surface area contributed by atoms with Crippen LogP contribution in [0.1, 0.15) is 36.9 Å². The third-order valence-electron chi connectivity index (χ3n) is 3.72. The number of nitrogens with two attached hydrogens (primary N) is 1. The number of benzene rings is 1. The van der Waals surface area contributed by atoms with E-state index in [1.807, 2.05) is 0 Å². The van der Waals surface area contributed by atoms with E-state index in [1.165, 1.54) is 16.0 Å². The summed E-state index contributed by atoms with van der Waals surface area (Å²) in [7, 11) is 0.